The van der Waals surface area contributed by atoms with Crippen molar-refractivity contribution in [3.63, 3.8) is 0 Å². The molecule has 2 unspecified atom stereocenters. The molecule has 0 saturated carbocycles. The van der Waals surface area contributed by atoms with Crippen molar-refractivity contribution in [2.45, 2.75) is 44.1 Å². The Hall–Kier alpha value is -3.46. The van der Waals surface area contributed by atoms with Crippen LogP contribution < -0.4 is 10.6 Å². The number of nitrogens with one attached hydrogen (secondary N) is 2. The molecule has 9 heteroatoms. The Morgan fingerprint density at radius 2 is 1.50 bits per heavy atom. The molecule has 0 radical (unpaired) electrons. The molecule has 3 N–H and O–H groups in total. The van der Waals surface area contributed by atoms with Gasteiger partial charge in [-0.15, -0.1) is 0 Å². The maximum absolute atomic E-state index is 12.9. The van der Waals surface area contributed by atoms with Crippen LogP contribution in [0.5, 0.6) is 0 Å². The van der Waals surface area contributed by atoms with Gasteiger partial charge in [0.05, 0.1) is 0 Å². The van der Waals surface area contributed by atoms with E-state index in [1.807, 2.05) is 30.8 Å². The Kier molecular flexibility index (Phi) is 10.1. The van der Waals surface area contributed by atoms with E-state index in [1.165, 1.54) is 0 Å². The smallest absolute Gasteiger partial charge is 0.408 e. The normalized spacial score (nSPS) is 12.7. The van der Waals surface area contributed by atoms with E-state index in [0.717, 1.165) is 11.1 Å². The number of hydrogen-bond acceptors (Lipinski definition) is 5. The molecule has 2 aromatic carbocycles. The van der Waals surface area contributed by atoms with Gasteiger partial charge in [-0.2, -0.15) is 0 Å². The molecule has 2 aromatic rings. The standard InChI is InChI=1S/C23H28N2O6Si/c1-32-15-18(26)13-20(22(28)29)24-21(27)19(12-16-8-4-2-5-9-16)25-23(30)31-14-17-10-6-3-7-11-17/h2-11,19-20H,12-15,32H2,1H3,(H,24,27)(H,25,30)(H,28,29). The minimum atomic E-state index is -1.35. The van der Waals surface area contributed by atoms with Crippen molar-refractivity contribution in [2.75, 3.05) is 0 Å². The second kappa shape index (κ2) is 13.1. The summed E-state index contributed by atoms with van der Waals surface area (Å²) in [5.41, 5.74) is 1.56. The van der Waals surface area contributed by atoms with Gasteiger partial charge in [-0.1, -0.05) is 67.2 Å². The number of carboxylic acid groups (broad SMARTS) is 1. The lowest BCUT2D eigenvalue weighted by atomic mass is 10.0. The zero-order valence-corrected chi connectivity index (χ0v) is 19.4. The van der Waals surface area contributed by atoms with Crippen LogP contribution in [0, 0.1) is 0 Å². The number of ketones is 1. The Morgan fingerprint density at radius 1 is 0.906 bits per heavy atom. The SMILES string of the molecule is C[SiH2]CC(=O)CC(NC(=O)C(Cc1ccccc1)NC(=O)OCc1ccccc1)C(=O)O. The van der Waals surface area contributed by atoms with Crippen LogP contribution in [-0.2, 0) is 32.1 Å². The lowest BCUT2D eigenvalue weighted by Crippen LogP contribution is -2.53. The van der Waals surface area contributed by atoms with Gasteiger partial charge in [0.25, 0.3) is 0 Å². The molecule has 0 aliphatic heterocycles. The van der Waals surface area contributed by atoms with Crippen LogP contribution in [0.1, 0.15) is 17.5 Å². The van der Waals surface area contributed by atoms with Crippen LogP contribution in [-0.4, -0.2) is 50.5 Å². The molecular weight excluding hydrogens is 428 g/mol. The lowest BCUT2D eigenvalue weighted by Gasteiger charge is -2.21. The van der Waals surface area contributed by atoms with E-state index in [4.69, 9.17) is 4.74 Å². The van der Waals surface area contributed by atoms with E-state index in [9.17, 15) is 24.3 Å². The molecule has 2 atom stereocenters. The minimum Gasteiger partial charge on any atom is -0.480 e. The first kappa shape index (κ1) is 24.8. The fourth-order valence-corrected chi connectivity index (χ4v) is 3.81. The summed E-state index contributed by atoms with van der Waals surface area (Å²) < 4.78 is 5.20. The number of carbonyl (C=O) groups is 4. The van der Waals surface area contributed by atoms with Gasteiger partial charge in [0.2, 0.25) is 5.91 Å². The summed E-state index contributed by atoms with van der Waals surface area (Å²) in [5.74, 6) is -2.18. The summed E-state index contributed by atoms with van der Waals surface area (Å²) in [6.45, 7) is 1.98. The molecular formula is C23H28N2O6Si. The molecule has 0 fully saturated rings. The van der Waals surface area contributed by atoms with Crippen molar-refractivity contribution in [1.82, 2.24) is 10.6 Å². The van der Waals surface area contributed by atoms with Gasteiger partial charge < -0.3 is 20.5 Å². The number of ether oxygens (including phenoxy) is 1. The van der Waals surface area contributed by atoms with Gasteiger partial charge in [0, 0.05) is 22.4 Å². The van der Waals surface area contributed by atoms with Crippen LogP contribution >= 0.6 is 0 Å². The fourth-order valence-electron chi connectivity index (χ4n) is 3.05. The van der Waals surface area contributed by atoms with Crippen LogP contribution in [0.25, 0.3) is 0 Å². The Morgan fingerprint density at radius 3 is 2.06 bits per heavy atom. The van der Waals surface area contributed by atoms with Gasteiger partial charge >= 0.3 is 12.1 Å². The highest BCUT2D eigenvalue weighted by atomic mass is 28.2. The van der Waals surface area contributed by atoms with Crippen LogP contribution in [0.15, 0.2) is 60.7 Å². The van der Waals surface area contributed by atoms with Crippen molar-refractivity contribution in [3.05, 3.63) is 71.8 Å². The molecule has 0 heterocycles. The quantitative estimate of drug-likeness (QED) is 0.418. The molecule has 2 amide bonds. The van der Waals surface area contributed by atoms with Crippen LogP contribution in [0.2, 0.25) is 12.6 Å². The molecule has 0 aliphatic carbocycles. The van der Waals surface area contributed by atoms with Crippen molar-refractivity contribution >= 4 is 33.3 Å². The maximum Gasteiger partial charge on any atom is 0.408 e. The average molecular weight is 457 g/mol. The molecule has 0 bridgehead atoms. The van der Waals surface area contributed by atoms with E-state index in [-0.39, 0.29) is 25.2 Å². The number of alkyl carbamates (subject to hydrolysis) is 1. The average Bonchev–Trinajstić information content (AvgIpc) is 2.78. The number of carbonyl (C=O) groups excluding carboxylic acids is 3. The number of rotatable bonds is 12. The van der Waals surface area contributed by atoms with Gasteiger partial charge in [-0.25, -0.2) is 9.59 Å². The first-order chi connectivity index (χ1) is 15.4. The second-order valence-corrected chi connectivity index (χ2v) is 8.84. The van der Waals surface area contributed by atoms with Crippen molar-refractivity contribution in [3.8, 4) is 0 Å². The van der Waals surface area contributed by atoms with Crippen LogP contribution in [0.4, 0.5) is 4.79 Å². The Bertz CT molecular complexity index is 907. The summed E-state index contributed by atoms with van der Waals surface area (Å²) in [4.78, 5) is 48.7. The third kappa shape index (κ3) is 8.72. The number of Topliss-reactive ketones (excluding diaryl/α,β-unsaturated/α-hetero) is 1. The fraction of sp³-hybridized carbons (Fsp3) is 0.304. The summed E-state index contributed by atoms with van der Waals surface area (Å²) >= 11 is 0. The molecule has 2 rings (SSSR count). The first-order valence-corrected chi connectivity index (χ1v) is 12.9. The van der Waals surface area contributed by atoms with Gasteiger partial charge in [0.15, 0.2) is 0 Å². The van der Waals surface area contributed by atoms with E-state index < -0.39 is 39.6 Å². The summed E-state index contributed by atoms with van der Waals surface area (Å²) in [6, 6.07) is 16.0. The molecule has 170 valence electrons. The summed E-state index contributed by atoms with van der Waals surface area (Å²) in [7, 11) is -0.555. The number of benzene rings is 2. The third-order valence-electron chi connectivity index (χ3n) is 4.68. The van der Waals surface area contributed by atoms with E-state index >= 15 is 0 Å². The monoisotopic (exact) mass is 456 g/mol. The zero-order chi connectivity index (χ0) is 23.3. The third-order valence-corrected chi connectivity index (χ3v) is 5.74. The topological polar surface area (TPSA) is 122 Å². The molecule has 0 aromatic heterocycles. The highest BCUT2D eigenvalue weighted by Crippen LogP contribution is 2.07. The molecule has 0 aliphatic rings. The molecule has 32 heavy (non-hydrogen) atoms. The van der Waals surface area contributed by atoms with E-state index in [0.29, 0.717) is 6.04 Å². The Labute approximate surface area is 189 Å². The number of carboxylic acids is 1. The van der Waals surface area contributed by atoms with E-state index in [2.05, 4.69) is 10.6 Å². The second-order valence-electron chi connectivity index (χ2n) is 7.34. The summed E-state index contributed by atoms with van der Waals surface area (Å²) in [6.07, 6.45) is -0.946. The van der Waals surface area contributed by atoms with Crippen LogP contribution in [0.3, 0.4) is 0 Å². The van der Waals surface area contributed by atoms with Gasteiger partial charge in [-0.3, -0.25) is 9.59 Å². The van der Waals surface area contributed by atoms with Crippen molar-refractivity contribution in [1.29, 1.82) is 0 Å². The van der Waals surface area contributed by atoms with Crippen molar-refractivity contribution < 1.29 is 29.0 Å². The highest BCUT2D eigenvalue weighted by molar-refractivity contribution is 6.39. The number of hydrogen-bond donors (Lipinski definition) is 3. The predicted octanol–water partition coefficient (Wildman–Crippen LogP) is 1.69. The molecule has 0 spiro atoms. The largest absolute Gasteiger partial charge is 0.480 e. The molecule has 8 nitrogen and oxygen atoms in total. The van der Waals surface area contributed by atoms with Gasteiger partial charge in [0.1, 0.15) is 24.5 Å². The van der Waals surface area contributed by atoms with Crippen molar-refractivity contribution in [2.24, 2.45) is 0 Å². The number of aliphatic carboxylic acids is 1. The lowest BCUT2D eigenvalue weighted by molar-refractivity contribution is -0.143. The Balaban J connectivity index is 2.06. The molecule has 0 saturated heterocycles. The predicted molar refractivity (Wildman–Crippen MR) is 122 cm³/mol. The highest BCUT2D eigenvalue weighted by Gasteiger charge is 2.28. The minimum absolute atomic E-state index is 0.0273. The number of amides is 2. The van der Waals surface area contributed by atoms with E-state index in [1.54, 1.807) is 36.4 Å². The zero-order valence-electron chi connectivity index (χ0n) is 18.0. The van der Waals surface area contributed by atoms with Gasteiger partial charge in [-0.05, 0) is 17.2 Å². The maximum atomic E-state index is 12.9. The summed E-state index contributed by atoms with van der Waals surface area (Å²) in [5, 5.41) is 14.3. The first-order valence-electron chi connectivity index (χ1n) is 10.4.